The highest BCUT2D eigenvalue weighted by molar-refractivity contribution is 7.00. The van der Waals surface area contributed by atoms with Crippen LogP contribution in [0.2, 0.25) is 0 Å². The monoisotopic (exact) mass is 1120 g/mol. The Hall–Kier alpha value is -11.5. The van der Waals surface area contributed by atoms with Gasteiger partial charge in [-0.25, -0.2) is 0 Å². The van der Waals surface area contributed by atoms with Crippen LogP contribution in [0.4, 0.5) is 17.1 Å². The number of aromatic nitrogens is 1. The average Bonchev–Trinajstić information content (AvgIpc) is 1.35. The minimum absolute atomic E-state index is 0.221. The van der Waals surface area contributed by atoms with E-state index in [0.29, 0.717) is 0 Å². The van der Waals surface area contributed by atoms with Gasteiger partial charge in [0.15, 0.2) is 0 Å². The van der Waals surface area contributed by atoms with Crippen LogP contribution in [0, 0.1) is 0 Å². The van der Waals surface area contributed by atoms with E-state index in [1.165, 1.54) is 77.2 Å². The predicted octanol–water partition coefficient (Wildman–Crippen LogP) is 20.6. The number of nitrogens with zero attached hydrogens (tertiary/aromatic N) is 2. The lowest BCUT2D eigenvalue weighted by Gasteiger charge is -2.42. The summed E-state index contributed by atoms with van der Waals surface area (Å²) < 4.78 is 9.64. The van der Waals surface area contributed by atoms with Crippen LogP contribution in [-0.2, 0) is 0 Å². The quantitative estimate of drug-likeness (QED) is 0.134. The summed E-state index contributed by atoms with van der Waals surface area (Å²) in [6.45, 7) is -0.221. The van der Waals surface area contributed by atoms with Crippen molar-refractivity contribution in [3.05, 3.63) is 322 Å². The lowest BCUT2D eigenvalue weighted by atomic mass is 9.33. The summed E-state index contributed by atoms with van der Waals surface area (Å²) in [5, 5.41) is 4.59. The van der Waals surface area contributed by atoms with E-state index in [2.05, 4.69) is 331 Å². The molecule has 0 fully saturated rings. The first-order chi connectivity index (χ1) is 43.6. The number of benzene rings is 14. The van der Waals surface area contributed by atoms with Gasteiger partial charge in [0, 0.05) is 55.3 Å². The van der Waals surface area contributed by atoms with Crippen LogP contribution in [0.1, 0.15) is 0 Å². The molecule has 14 aromatic carbocycles. The molecule has 4 heteroatoms. The summed E-state index contributed by atoms with van der Waals surface area (Å²) in [6.07, 6.45) is 0. The van der Waals surface area contributed by atoms with E-state index in [4.69, 9.17) is 4.42 Å². The van der Waals surface area contributed by atoms with Gasteiger partial charge in [0.2, 0.25) is 0 Å². The molecule has 3 nitrogen and oxygen atoms in total. The van der Waals surface area contributed by atoms with Crippen molar-refractivity contribution < 1.29 is 4.42 Å². The van der Waals surface area contributed by atoms with Gasteiger partial charge in [0.25, 0.3) is 6.71 Å². The lowest BCUT2D eigenvalue weighted by Crippen LogP contribution is -2.60. The maximum atomic E-state index is 7.02. The molecule has 2 aromatic heterocycles. The van der Waals surface area contributed by atoms with Crippen LogP contribution >= 0.6 is 0 Å². The third-order valence-corrected chi connectivity index (χ3v) is 18.5. The molecule has 88 heavy (non-hydrogen) atoms. The zero-order valence-corrected chi connectivity index (χ0v) is 48.0. The molecular weight excluding hydrogens is 1060 g/mol. The molecule has 0 unspecified atom stereocenters. The van der Waals surface area contributed by atoms with Crippen LogP contribution in [0.25, 0.3) is 138 Å². The van der Waals surface area contributed by atoms with Crippen LogP contribution in [0.15, 0.2) is 326 Å². The second kappa shape index (κ2) is 20.1. The SMILES string of the molecule is c1ccc(-c2cccc(-c3ccc4c(c3)c3cc(-c5cccc(-c6ccccc6)c5)cc5c3n4-c3cc(-c4ccccc4)cc4c3B5c3cc5oc6ccccc6c5cc3N4c3c(-c4ccccc4)cc(-c4ccccc4)cc3-c3ccccc3)c2)cc1. The number of anilines is 3. The molecule has 0 bridgehead atoms. The van der Waals surface area contributed by atoms with Gasteiger partial charge in [-0.3, -0.25) is 0 Å². The zero-order chi connectivity index (χ0) is 57.8. The highest BCUT2D eigenvalue weighted by Gasteiger charge is 2.44. The minimum atomic E-state index is -0.221. The molecule has 0 amide bonds. The molecule has 0 spiro atoms. The van der Waals surface area contributed by atoms with Crippen molar-refractivity contribution in [1.29, 1.82) is 0 Å². The maximum Gasteiger partial charge on any atom is 0.252 e. The van der Waals surface area contributed by atoms with Gasteiger partial charge in [-0.05, 0) is 167 Å². The van der Waals surface area contributed by atoms with Gasteiger partial charge >= 0.3 is 0 Å². The summed E-state index contributed by atoms with van der Waals surface area (Å²) in [5.41, 5.74) is 30.9. The molecule has 2 aliphatic rings. The van der Waals surface area contributed by atoms with Gasteiger partial charge in [-0.2, -0.15) is 0 Å². The molecule has 0 saturated heterocycles. The first kappa shape index (κ1) is 49.9. The number of para-hydroxylation sites is 1. The average molecular weight is 1120 g/mol. The van der Waals surface area contributed by atoms with E-state index in [9.17, 15) is 0 Å². The number of rotatable bonds is 9. The minimum Gasteiger partial charge on any atom is -0.456 e. The van der Waals surface area contributed by atoms with Gasteiger partial charge < -0.3 is 13.9 Å². The first-order valence-electron chi connectivity index (χ1n) is 30.4. The molecule has 0 saturated carbocycles. The van der Waals surface area contributed by atoms with E-state index in [0.717, 1.165) is 94.7 Å². The molecule has 2 aliphatic heterocycles. The molecule has 0 N–H and O–H groups in total. The lowest BCUT2D eigenvalue weighted by molar-refractivity contribution is 0.669. The Morgan fingerprint density at radius 2 is 0.693 bits per heavy atom. The summed E-state index contributed by atoms with van der Waals surface area (Å²) in [6, 6.07) is 119. The number of hydrogen-bond donors (Lipinski definition) is 0. The van der Waals surface area contributed by atoms with Crippen molar-refractivity contribution in [2.45, 2.75) is 0 Å². The fraction of sp³-hybridized carbons (Fsp3) is 0. The molecule has 0 atom stereocenters. The highest BCUT2D eigenvalue weighted by Crippen LogP contribution is 2.52. The van der Waals surface area contributed by atoms with Crippen molar-refractivity contribution in [2.24, 2.45) is 0 Å². The predicted molar refractivity (Wildman–Crippen MR) is 371 cm³/mol. The first-order valence-corrected chi connectivity index (χ1v) is 30.4. The molecule has 0 aliphatic carbocycles. The molecular formula is C84H53BN2O. The molecule has 408 valence electrons. The summed E-state index contributed by atoms with van der Waals surface area (Å²) >= 11 is 0. The Kier molecular flexibility index (Phi) is 11.4. The van der Waals surface area contributed by atoms with Crippen LogP contribution < -0.4 is 21.3 Å². The van der Waals surface area contributed by atoms with Crippen molar-refractivity contribution in [3.63, 3.8) is 0 Å². The Morgan fingerprint density at radius 3 is 1.27 bits per heavy atom. The second-order valence-electron chi connectivity index (χ2n) is 23.5. The summed E-state index contributed by atoms with van der Waals surface area (Å²) in [4.78, 5) is 2.65. The van der Waals surface area contributed by atoms with Crippen molar-refractivity contribution in [2.75, 3.05) is 4.90 Å². The number of hydrogen-bond acceptors (Lipinski definition) is 2. The fourth-order valence-electron chi connectivity index (χ4n) is 14.5. The molecule has 4 heterocycles. The van der Waals surface area contributed by atoms with E-state index >= 15 is 0 Å². The molecule has 16 aromatic rings. The van der Waals surface area contributed by atoms with E-state index in [1.807, 2.05) is 0 Å². The largest absolute Gasteiger partial charge is 0.456 e. The molecule has 0 radical (unpaired) electrons. The Bertz CT molecular complexity index is 5360. The van der Waals surface area contributed by atoms with Crippen LogP contribution in [-0.4, -0.2) is 11.3 Å². The van der Waals surface area contributed by atoms with Gasteiger partial charge in [0.05, 0.1) is 11.2 Å². The Morgan fingerprint density at radius 1 is 0.250 bits per heavy atom. The summed E-state index contributed by atoms with van der Waals surface area (Å²) in [7, 11) is 0. The fourth-order valence-corrected chi connectivity index (χ4v) is 14.5. The number of fused-ring (bicyclic) bond motifs is 10. The summed E-state index contributed by atoms with van der Waals surface area (Å²) in [5.74, 6) is 0. The maximum absolute atomic E-state index is 7.02. The highest BCUT2D eigenvalue weighted by atomic mass is 16.3. The van der Waals surface area contributed by atoms with Gasteiger partial charge in [0.1, 0.15) is 11.2 Å². The normalized spacial score (nSPS) is 12.3. The van der Waals surface area contributed by atoms with E-state index < -0.39 is 0 Å². The Balaban J connectivity index is 0.997. The second-order valence-corrected chi connectivity index (χ2v) is 23.5. The van der Waals surface area contributed by atoms with Crippen molar-refractivity contribution in [3.8, 4) is 94.7 Å². The zero-order valence-electron chi connectivity index (χ0n) is 48.0. The van der Waals surface area contributed by atoms with Crippen molar-refractivity contribution in [1.82, 2.24) is 4.57 Å². The Labute approximate surface area is 511 Å². The number of furan rings is 1. The third-order valence-electron chi connectivity index (χ3n) is 18.5. The van der Waals surface area contributed by atoms with Crippen LogP contribution in [0.3, 0.4) is 0 Å². The standard InChI is InChI=1S/C84H53BN2O/c1-7-23-54(24-8-1)60-35-21-37-62(43-60)64-41-42-76-71(45-64)73-48-66(63-38-22-36-61(44-63)55-25-9-2-10-26-55)49-75-84(73)86(76)78-50-67(57-29-13-4-14-30-57)51-79-82(78)85(75)74-53-81-72(68-39-19-20-40-80(68)88-81)52-77(74)87(79)83-69(58-31-15-5-16-32-58)46-65(56-27-11-3-12-28-56)47-70(83)59-33-17-6-18-34-59/h1-53H. The smallest absolute Gasteiger partial charge is 0.252 e. The third kappa shape index (κ3) is 8.00. The van der Waals surface area contributed by atoms with Crippen molar-refractivity contribution >= 4 is 83.9 Å². The van der Waals surface area contributed by atoms with Gasteiger partial charge in [-0.15, -0.1) is 0 Å². The van der Waals surface area contributed by atoms with E-state index in [1.54, 1.807) is 0 Å². The van der Waals surface area contributed by atoms with E-state index in [-0.39, 0.29) is 6.71 Å². The topological polar surface area (TPSA) is 21.3 Å². The molecule has 18 rings (SSSR count). The van der Waals surface area contributed by atoms with Gasteiger partial charge in [-0.1, -0.05) is 249 Å². The van der Waals surface area contributed by atoms with Crippen LogP contribution in [0.5, 0.6) is 0 Å².